The van der Waals surface area contributed by atoms with Gasteiger partial charge in [-0.15, -0.1) is 0 Å². The topological polar surface area (TPSA) is 0 Å². The molecule has 0 aromatic heterocycles. The molecule has 0 amide bonds. The van der Waals surface area contributed by atoms with Gasteiger partial charge in [-0.25, -0.2) is 0 Å². The molecule has 0 heterocycles. The molecule has 1 heteroatoms. The molecule has 0 atom stereocenters. The highest BCUT2D eigenvalue weighted by Crippen LogP contribution is 2.35. The zero-order chi connectivity index (χ0) is 11.8. The summed E-state index contributed by atoms with van der Waals surface area (Å²) in [6.07, 6.45) is 6.36. The SMILES string of the molecule is CC(C)(C)c1c2cc(Cl)cc1CCCCC2. The Morgan fingerprint density at radius 1 is 0.938 bits per heavy atom. The van der Waals surface area contributed by atoms with Crippen molar-refractivity contribution in [2.24, 2.45) is 0 Å². The van der Waals surface area contributed by atoms with Crippen molar-refractivity contribution in [1.29, 1.82) is 0 Å². The summed E-state index contributed by atoms with van der Waals surface area (Å²) >= 11 is 6.21. The molecule has 1 aromatic carbocycles. The highest BCUT2D eigenvalue weighted by Gasteiger charge is 2.23. The molecule has 0 saturated carbocycles. The van der Waals surface area contributed by atoms with Crippen LogP contribution in [-0.2, 0) is 18.3 Å². The quantitative estimate of drug-likeness (QED) is 0.601. The van der Waals surface area contributed by atoms with Crippen LogP contribution in [0.4, 0.5) is 0 Å². The van der Waals surface area contributed by atoms with Crippen molar-refractivity contribution in [3.05, 3.63) is 33.8 Å². The average molecular weight is 237 g/mol. The van der Waals surface area contributed by atoms with Gasteiger partial charge in [-0.1, -0.05) is 38.8 Å². The molecule has 0 fully saturated rings. The lowest BCUT2D eigenvalue weighted by Gasteiger charge is -2.28. The predicted molar refractivity (Wildman–Crippen MR) is 71.4 cm³/mol. The standard InChI is InChI=1S/C15H21Cl/c1-15(2,3)14-11-7-5-4-6-8-12(14)10-13(16)9-11/h9-10H,4-8H2,1-3H3. The fourth-order valence-corrected chi connectivity index (χ4v) is 3.15. The van der Waals surface area contributed by atoms with Crippen LogP contribution in [0.2, 0.25) is 5.02 Å². The summed E-state index contributed by atoms with van der Waals surface area (Å²) in [5.41, 5.74) is 4.76. The van der Waals surface area contributed by atoms with Gasteiger partial charge in [-0.05, 0) is 59.9 Å². The highest BCUT2D eigenvalue weighted by molar-refractivity contribution is 6.30. The fraction of sp³-hybridized carbons (Fsp3) is 0.600. The smallest absolute Gasteiger partial charge is 0.0411 e. The minimum Gasteiger partial charge on any atom is -0.0843 e. The number of benzene rings is 1. The maximum Gasteiger partial charge on any atom is 0.0411 e. The fourth-order valence-electron chi connectivity index (χ4n) is 2.89. The molecule has 0 spiro atoms. The molecule has 16 heavy (non-hydrogen) atoms. The number of aryl methyl sites for hydroxylation is 2. The van der Waals surface area contributed by atoms with Crippen LogP contribution in [0.3, 0.4) is 0 Å². The number of fused-ring (bicyclic) bond motifs is 2. The van der Waals surface area contributed by atoms with Gasteiger partial charge >= 0.3 is 0 Å². The lowest BCUT2D eigenvalue weighted by molar-refractivity contribution is 0.555. The van der Waals surface area contributed by atoms with E-state index in [9.17, 15) is 0 Å². The van der Waals surface area contributed by atoms with Crippen LogP contribution in [0.1, 0.15) is 56.7 Å². The van der Waals surface area contributed by atoms with E-state index >= 15 is 0 Å². The van der Waals surface area contributed by atoms with E-state index in [0.29, 0.717) is 0 Å². The van der Waals surface area contributed by atoms with Crippen LogP contribution in [0.25, 0.3) is 0 Å². The monoisotopic (exact) mass is 236 g/mol. The Hall–Kier alpha value is -0.490. The Morgan fingerprint density at radius 2 is 1.44 bits per heavy atom. The van der Waals surface area contributed by atoms with Gasteiger partial charge in [-0.3, -0.25) is 0 Å². The molecule has 0 aliphatic heterocycles. The average Bonchev–Trinajstić information content (AvgIpc) is 2.12. The Labute approximate surface area is 104 Å². The first-order valence-electron chi connectivity index (χ1n) is 6.30. The minimum atomic E-state index is 0.243. The molecule has 88 valence electrons. The Morgan fingerprint density at radius 3 is 1.88 bits per heavy atom. The van der Waals surface area contributed by atoms with E-state index in [1.807, 2.05) is 0 Å². The van der Waals surface area contributed by atoms with E-state index in [2.05, 4.69) is 32.9 Å². The number of hydrogen-bond donors (Lipinski definition) is 0. The largest absolute Gasteiger partial charge is 0.0843 e. The second-order valence-corrected chi connectivity index (χ2v) is 6.35. The lowest BCUT2D eigenvalue weighted by atomic mass is 9.77. The third-order valence-corrected chi connectivity index (χ3v) is 3.63. The van der Waals surface area contributed by atoms with Crippen molar-refractivity contribution in [3.8, 4) is 0 Å². The van der Waals surface area contributed by atoms with E-state index in [0.717, 1.165) is 5.02 Å². The van der Waals surface area contributed by atoms with Gasteiger partial charge < -0.3 is 0 Å². The first kappa shape index (κ1) is 12.0. The number of rotatable bonds is 0. The number of hydrogen-bond acceptors (Lipinski definition) is 0. The molecular weight excluding hydrogens is 216 g/mol. The molecule has 0 saturated heterocycles. The summed E-state index contributed by atoms with van der Waals surface area (Å²) in [6.45, 7) is 6.93. The summed E-state index contributed by atoms with van der Waals surface area (Å²) in [5, 5.41) is 0.917. The molecule has 2 bridgehead atoms. The van der Waals surface area contributed by atoms with E-state index in [1.165, 1.54) is 43.2 Å². The van der Waals surface area contributed by atoms with Crippen LogP contribution in [-0.4, -0.2) is 0 Å². The molecule has 0 N–H and O–H groups in total. The third kappa shape index (κ3) is 2.43. The van der Waals surface area contributed by atoms with Crippen LogP contribution in [0, 0.1) is 0 Å². The summed E-state index contributed by atoms with van der Waals surface area (Å²) in [4.78, 5) is 0. The van der Waals surface area contributed by atoms with Crippen LogP contribution >= 0.6 is 11.6 Å². The normalized spacial score (nSPS) is 16.8. The predicted octanol–water partition coefficient (Wildman–Crippen LogP) is 4.91. The van der Waals surface area contributed by atoms with Crippen molar-refractivity contribution in [1.82, 2.24) is 0 Å². The van der Waals surface area contributed by atoms with E-state index < -0.39 is 0 Å². The molecule has 0 radical (unpaired) electrons. The summed E-state index contributed by atoms with van der Waals surface area (Å²) in [7, 11) is 0. The second-order valence-electron chi connectivity index (χ2n) is 5.91. The second kappa shape index (κ2) is 4.41. The molecule has 1 aliphatic rings. The maximum absolute atomic E-state index is 6.21. The molecule has 1 aromatic rings. The van der Waals surface area contributed by atoms with Crippen molar-refractivity contribution in [3.63, 3.8) is 0 Å². The van der Waals surface area contributed by atoms with Crippen LogP contribution in [0.5, 0.6) is 0 Å². The Bertz CT molecular complexity index is 358. The molecule has 1 aliphatic carbocycles. The lowest BCUT2D eigenvalue weighted by Crippen LogP contribution is -2.18. The van der Waals surface area contributed by atoms with Crippen molar-refractivity contribution < 1.29 is 0 Å². The van der Waals surface area contributed by atoms with Gasteiger partial charge in [0.15, 0.2) is 0 Å². The van der Waals surface area contributed by atoms with E-state index in [4.69, 9.17) is 11.6 Å². The maximum atomic E-state index is 6.21. The Kier molecular flexibility index (Phi) is 3.30. The first-order chi connectivity index (χ1) is 7.48. The van der Waals surface area contributed by atoms with Crippen molar-refractivity contribution >= 4 is 11.6 Å². The molecule has 0 unspecified atom stereocenters. The van der Waals surface area contributed by atoms with Gasteiger partial charge in [0.25, 0.3) is 0 Å². The van der Waals surface area contributed by atoms with Crippen molar-refractivity contribution in [2.45, 2.75) is 58.3 Å². The third-order valence-electron chi connectivity index (χ3n) is 3.41. The number of halogens is 1. The summed E-state index contributed by atoms with van der Waals surface area (Å²) in [6, 6.07) is 4.36. The van der Waals surface area contributed by atoms with Crippen LogP contribution in [0.15, 0.2) is 12.1 Å². The van der Waals surface area contributed by atoms with Gasteiger partial charge in [0, 0.05) is 5.02 Å². The van der Waals surface area contributed by atoms with Crippen LogP contribution < -0.4 is 0 Å². The molecular formula is C15H21Cl. The first-order valence-corrected chi connectivity index (χ1v) is 6.68. The van der Waals surface area contributed by atoms with E-state index in [-0.39, 0.29) is 5.41 Å². The molecule has 2 rings (SSSR count). The van der Waals surface area contributed by atoms with Crippen molar-refractivity contribution in [2.75, 3.05) is 0 Å². The zero-order valence-electron chi connectivity index (χ0n) is 10.6. The van der Waals surface area contributed by atoms with Gasteiger partial charge in [0.05, 0.1) is 0 Å². The van der Waals surface area contributed by atoms with Gasteiger partial charge in [-0.2, -0.15) is 0 Å². The van der Waals surface area contributed by atoms with E-state index in [1.54, 1.807) is 5.56 Å². The summed E-state index contributed by atoms with van der Waals surface area (Å²) < 4.78 is 0. The van der Waals surface area contributed by atoms with Gasteiger partial charge in [0.2, 0.25) is 0 Å². The summed E-state index contributed by atoms with van der Waals surface area (Å²) in [5.74, 6) is 0. The zero-order valence-corrected chi connectivity index (χ0v) is 11.3. The van der Waals surface area contributed by atoms with Gasteiger partial charge in [0.1, 0.15) is 0 Å². The Balaban J connectivity index is 2.58. The highest BCUT2D eigenvalue weighted by atomic mass is 35.5. The molecule has 0 nitrogen and oxygen atoms in total. The minimum absolute atomic E-state index is 0.243.